The summed E-state index contributed by atoms with van der Waals surface area (Å²) in [5, 5.41) is 5.65. The van der Waals surface area contributed by atoms with Gasteiger partial charge in [0.15, 0.2) is 5.65 Å². The van der Waals surface area contributed by atoms with Gasteiger partial charge in [0.1, 0.15) is 5.75 Å². The van der Waals surface area contributed by atoms with Crippen LogP contribution in [0.4, 0.5) is 0 Å². The van der Waals surface area contributed by atoms with E-state index in [-0.39, 0.29) is 18.1 Å². The maximum Gasteiger partial charge on any atom is 0.257 e. The number of pyridine rings is 1. The van der Waals surface area contributed by atoms with Crippen LogP contribution < -0.4 is 4.74 Å². The number of aryl methyl sites for hydroxylation is 1. The van der Waals surface area contributed by atoms with Gasteiger partial charge in [-0.3, -0.25) is 4.79 Å². The number of halogens is 1. The Balaban J connectivity index is 1.77. The number of nitrogens with zero attached hydrogens (tertiary/aromatic N) is 4. The maximum absolute atomic E-state index is 13.1. The lowest BCUT2D eigenvalue weighted by Gasteiger charge is -2.35. The fourth-order valence-electron chi connectivity index (χ4n) is 3.79. The van der Waals surface area contributed by atoms with E-state index in [9.17, 15) is 4.79 Å². The minimum atomic E-state index is -0.139. The monoisotopic (exact) mass is 414 g/mol. The largest absolute Gasteiger partial charge is 0.497 e. The van der Waals surface area contributed by atoms with Gasteiger partial charge in [0.2, 0.25) is 0 Å². The molecule has 1 saturated heterocycles. The number of aromatic nitrogens is 3. The zero-order valence-electron chi connectivity index (χ0n) is 16.8. The van der Waals surface area contributed by atoms with Crippen LogP contribution in [0.3, 0.4) is 0 Å². The first-order valence-electron chi connectivity index (χ1n) is 9.52. The van der Waals surface area contributed by atoms with E-state index < -0.39 is 0 Å². The number of morpholine rings is 1. The summed E-state index contributed by atoms with van der Waals surface area (Å²) in [7, 11) is 1.62. The second-order valence-electron chi connectivity index (χ2n) is 7.35. The second kappa shape index (κ2) is 7.65. The molecule has 1 amide bonds. The fourth-order valence-corrected chi connectivity index (χ4v) is 4.14. The summed E-state index contributed by atoms with van der Waals surface area (Å²) in [5.74, 6) is 0.581. The van der Waals surface area contributed by atoms with Crippen LogP contribution in [0.15, 0.2) is 30.5 Å². The lowest BCUT2D eigenvalue weighted by atomic mass is 10.1. The first-order chi connectivity index (χ1) is 13.9. The molecule has 3 aromatic rings. The Morgan fingerprint density at radius 3 is 2.69 bits per heavy atom. The molecule has 0 spiro atoms. The smallest absolute Gasteiger partial charge is 0.257 e. The summed E-state index contributed by atoms with van der Waals surface area (Å²) in [6.45, 7) is 6.83. The van der Waals surface area contributed by atoms with E-state index in [0.717, 1.165) is 11.4 Å². The molecule has 0 aliphatic carbocycles. The van der Waals surface area contributed by atoms with Gasteiger partial charge >= 0.3 is 0 Å². The van der Waals surface area contributed by atoms with Crippen LogP contribution in [0.5, 0.6) is 5.75 Å². The zero-order valence-corrected chi connectivity index (χ0v) is 17.6. The molecule has 0 radical (unpaired) electrons. The van der Waals surface area contributed by atoms with E-state index in [1.807, 2.05) is 45.0 Å². The molecule has 0 saturated carbocycles. The molecule has 4 rings (SSSR count). The molecule has 1 fully saturated rings. The molecule has 3 heterocycles. The molecule has 8 heteroatoms. The standard InChI is InChI=1S/C21H23ClN4O3/c1-12-10-25(11-13(2)29-12)21(27)17-9-23-20-18(19(17)22)14(3)24-26(20)15-6-5-7-16(8-15)28-4/h5-9,12-13H,10-11H2,1-4H3/t12-,13-/m1/s1. The molecule has 29 heavy (non-hydrogen) atoms. The number of rotatable bonds is 3. The number of hydrogen-bond donors (Lipinski definition) is 0. The molecule has 2 aromatic heterocycles. The molecule has 1 aromatic carbocycles. The highest BCUT2D eigenvalue weighted by atomic mass is 35.5. The number of carbonyl (C=O) groups is 1. The predicted molar refractivity (Wildman–Crippen MR) is 111 cm³/mol. The molecule has 0 N–H and O–H groups in total. The predicted octanol–water partition coefficient (Wildman–Crippen LogP) is 3.64. The van der Waals surface area contributed by atoms with Gasteiger partial charge < -0.3 is 14.4 Å². The van der Waals surface area contributed by atoms with Crippen molar-refractivity contribution in [2.75, 3.05) is 20.2 Å². The fraction of sp³-hybridized carbons (Fsp3) is 0.381. The topological polar surface area (TPSA) is 69.5 Å². The number of amides is 1. The van der Waals surface area contributed by atoms with Gasteiger partial charge in [0.25, 0.3) is 5.91 Å². The first-order valence-corrected chi connectivity index (χ1v) is 9.89. The number of carbonyl (C=O) groups excluding carboxylic acids is 1. The Kier molecular flexibility index (Phi) is 5.19. The summed E-state index contributed by atoms with van der Waals surface area (Å²) in [6, 6.07) is 7.54. The van der Waals surface area contributed by atoms with Crippen LogP contribution in [0.2, 0.25) is 5.02 Å². The number of ether oxygens (including phenoxy) is 2. The van der Waals surface area contributed by atoms with Crippen molar-refractivity contribution in [1.29, 1.82) is 0 Å². The Bertz CT molecular complexity index is 1070. The lowest BCUT2D eigenvalue weighted by molar-refractivity contribution is -0.0586. The number of benzene rings is 1. The van der Waals surface area contributed by atoms with E-state index in [4.69, 9.17) is 21.1 Å². The Morgan fingerprint density at radius 2 is 2.00 bits per heavy atom. The third-order valence-electron chi connectivity index (χ3n) is 5.04. The zero-order chi connectivity index (χ0) is 20.7. The van der Waals surface area contributed by atoms with Gasteiger partial charge in [-0.25, -0.2) is 9.67 Å². The summed E-state index contributed by atoms with van der Waals surface area (Å²) in [5.41, 5.74) is 2.49. The maximum atomic E-state index is 13.1. The highest BCUT2D eigenvalue weighted by molar-refractivity contribution is 6.38. The second-order valence-corrected chi connectivity index (χ2v) is 7.73. The third-order valence-corrected chi connectivity index (χ3v) is 5.44. The molecule has 152 valence electrons. The SMILES string of the molecule is COc1cccc(-n2nc(C)c3c(Cl)c(C(=O)N4C[C@@H](C)O[C@H](C)C4)cnc32)c1. The van der Waals surface area contributed by atoms with Gasteiger partial charge in [-0.1, -0.05) is 17.7 Å². The van der Waals surface area contributed by atoms with E-state index in [1.54, 1.807) is 16.7 Å². The van der Waals surface area contributed by atoms with Crippen molar-refractivity contribution in [3.63, 3.8) is 0 Å². The van der Waals surface area contributed by atoms with Crippen molar-refractivity contribution < 1.29 is 14.3 Å². The van der Waals surface area contributed by atoms with Crippen LogP contribution in [-0.4, -0.2) is 58.0 Å². The van der Waals surface area contributed by atoms with Crippen molar-refractivity contribution in [3.8, 4) is 11.4 Å². The van der Waals surface area contributed by atoms with Crippen LogP contribution in [-0.2, 0) is 4.74 Å². The minimum absolute atomic E-state index is 0.0179. The normalized spacial score (nSPS) is 19.6. The van der Waals surface area contributed by atoms with E-state index in [0.29, 0.717) is 40.4 Å². The summed E-state index contributed by atoms with van der Waals surface area (Å²) < 4.78 is 12.7. The van der Waals surface area contributed by atoms with E-state index in [1.165, 1.54) is 6.20 Å². The van der Waals surface area contributed by atoms with Gasteiger partial charge in [0.05, 0.1) is 46.7 Å². The highest BCUT2D eigenvalue weighted by Gasteiger charge is 2.29. The molecule has 7 nitrogen and oxygen atoms in total. The summed E-state index contributed by atoms with van der Waals surface area (Å²) in [6.07, 6.45) is 1.50. The van der Waals surface area contributed by atoms with E-state index in [2.05, 4.69) is 10.1 Å². The van der Waals surface area contributed by atoms with Crippen LogP contribution in [0.1, 0.15) is 29.9 Å². The minimum Gasteiger partial charge on any atom is -0.497 e. The lowest BCUT2D eigenvalue weighted by Crippen LogP contribution is -2.48. The first kappa shape index (κ1) is 19.7. The van der Waals surface area contributed by atoms with Gasteiger partial charge in [0, 0.05) is 25.4 Å². The average molecular weight is 415 g/mol. The van der Waals surface area contributed by atoms with Crippen molar-refractivity contribution in [3.05, 3.63) is 46.7 Å². The molecule has 1 aliphatic heterocycles. The van der Waals surface area contributed by atoms with Crippen LogP contribution in [0, 0.1) is 6.92 Å². The molecule has 1 aliphatic rings. The van der Waals surface area contributed by atoms with Crippen molar-refractivity contribution >= 4 is 28.5 Å². The summed E-state index contributed by atoms with van der Waals surface area (Å²) >= 11 is 6.70. The van der Waals surface area contributed by atoms with Gasteiger partial charge in [-0.05, 0) is 32.9 Å². The molecule has 0 bridgehead atoms. The van der Waals surface area contributed by atoms with Gasteiger partial charge in [-0.2, -0.15) is 5.10 Å². The van der Waals surface area contributed by atoms with E-state index >= 15 is 0 Å². The summed E-state index contributed by atoms with van der Waals surface area (Å²) in [4.78, 5) is 19.4. The van der Waals surface area contributed by atoms with Crippen LogP contribution in [0.25, 0.3) is 16.7 Å². The molecule has 0 unspecified atom stereocenters. The number of hydrogen-bond acceptors (Lipinski definition) is 5. The quantitative estimate of drug-likeness (QED) is 0.654. The van der Waals surface area contributed by atoms with Crippen molar-refractivity contribution in [2.24, 2.45) is 0 Å². The van der Waals surface area contributed by atoms with Crippen molar-refractivity contribution in [2.45, 2.75) is 33.0 Å². The Labute approximate surface area is 174 Å². The Morgan fingerprint density at radius 1 is 1.28 bits per heavy atom. The molecular formula is C21H23ClN4O3. The number of fused-ring (bicyclic) bond motifs is 1. The molecule has 2 atom stereocenters. The van der Waals surface area contributed by atoms with Gasteiger partial charge in [-0.15, -0.1) is 0 Å². The Hall–Kier alpha value is -2.64. The molecular weight excluding hydrogens is 392 g/mol. The number of methoxy groups -OCH3 is 1. The highest BCUT2D eigenvalue weighted by Crippen LogP contribution is 2.31. The average Bonchev–Trinajstić information content (AvgIpc) is 3.04. The third kappa shape index (κ3) is 3.56. The van der Waals surface area contributed by atoms with Crippen molar-refractivity contribution in [1.82, 2.24) is 19.7 Å². The van der Waals surface area contributed by atoms with Crippen LogP contribution >= 0.6 is 11.6 Å².